The van der Waals surface area contributed by atoms with Crippen molar-refractivity contribution in [3.8, 4) is 11.5 Å². The highest BCUT2D eigenvalue weighted by molar-refractivity contribution is 6.62. The number of ether oxygens (including phenoxy) is 2. The topological polar surface area (TPSA) is 36.9 Å². The van der Waals surface area contributed by atoms with Crippen molar-refractivity contribution >= 4 is 12.6 Å². The lowest BCUT2D eigenvalue weighted by Crippen LogP contribution is -2.41. The van der Waals surface area contributed by atoms with Crippen molar-refractivity contribution in [3.63, 3.8) is 0 Å². The maximum absolute atomic E-state index is 13.7. The third kappa shape index (κ3) is 3.86. The van der Waals surface area contributed by atoms with Crippen molar-refractivity contribution in [2.24, 2.45) is 0 Å². The Morgan fingerprint density at radius 3 is 2.52 bits per heavy atom. The molecular weight excluding hydrogens is 377 g/mol. The van der Waals surface area contributed by atoms with Gasteiger partial charge in [0.2, 0.25) is 5.82 Å². The molecule has 0 amide bonds. The summed E-state index contributed by atoms with van der Waals surface area (Å²) in [5, 5.41) is 0. The van der Waals surface area contributed by atoms with Crippen LogP contribution >= 0.6 is 0 Å². The second-order valence-electron chi connectivity index (χ2n) is 8.60. The smallest absolute Gasteiger partial charge is 0.487 e. The Morgan fingerprint density at radius 1 is 1.07 bits per heavy atom. The number of hydrogen-bond donors (Lipinski definition) is 0. The predicted octanol–water partition coefficient (Wildman–Crippen LogP) is 4.04. The molecule has 1 saturated heterocycles. The van der Waals surface area contributed by atoms with E-state index >= 15 is 0 Å². The summed E-state index contributed by atoms with van der Waals surface area (Å²) in [5.74, 6) is -1.23. The minimum absolute atomic E-state index is 0.101. The molecule has 29 heavy (non-hydrogen) atoms. The highest BCUT2D eigenvalue weighted by Gasteiger charge is 2.51. The van der Waals surface area contributed by atoms with Crippen molar-refractivity contribution in [3.05, 3.63) is 53.6 Å². The van der Waals surface area contributed by atoms with Crippen molar-refractivity contribution in [1.82, 2.24) is 0 Å². The van der Waals surface area contributed by atoms with Crippen LogP contribution in [0.25, 0.3) is 0 Å². The van der Waals surface area contributed by atoms with E-state index in [1.54, 1.807) is 0 Å². The molecule has 1 unspecified atom stereocenters. The molecule has 2 aromatic carbocycles. The molecule has 0 aliphatic carbocycles. The van der Waals surface area contributed by atoms with E-state index in [0.29, 0.717) is 0 Å². The van der Waals surface area contributed by atoms with Crippen LogP contribution in [-0.4, -0.2) is 31.0 Å². The number of benzene rings is 2. The van der Waals surface area contributed by atoms with E-state index in [0.717, 1.165) is 35.7 Å². The third-order valence-electron chi connectivity index (χ3n) is 5.98. The number of hydrogen-bond acceptors (Lipinski definition) is 4. The van der Waals surface area contributed by atoms with Gasteiger partial charge in [0, 0.05) is 0 Å². The van der Waals surface area contributed by atoms with Crippen LogP contribution in [0.15, 0.2) is 36.4 Å². The first kappa shape index (κ1) is 20.2. The van der Waals surface area contributed by atoms with E-state index in [1.165, 1.54) is 12.1 Å². The second-order valence-corrected chi connectivity index (χ2v) is 8.60. The number of halogens is 2. The summed E-state index contributed by atoms with van der Waals surface area (Å²) in [4.78, 5) is 0. The first-order chi connectivity index (χ1) is 13.7. The average molecular weight is 402 g/mol. The Morgan fingerprint density at radius 2 is 1.79 bits per heavy atom. The fraction of sp³-hybridized carbons (Fsp3) is 0.455. The van der Waals surface area contributed by atoms with Crippen LogP contribution in [-0.2, 0) is 15.7 Å². The van der Waals surface area contributed by atoms with Crippen LogP contribution in [0.2, 0.25) is 0 Å². The second kappa shape index (κ2) is 7.29. The molecule has 7 heteroatoms. The van der Waals surface area contributed by atoms with Gasteiger partial charge in [-0.25, -0.2) is 4.39 Å². The van der Waals surface area contributed by atoms with Crippen LogP contribution in [0.3, 0.4) is 0 Å². The lowest BCUT2D eigenvalue weighted by atomic mass is 9.77. The zero-order chi connectivity index (χ0) is 20.8. The van der Waals surface area contributed by atoms with E-state index < -0.39 is 30.0 Å². The first-order valence-electron chi connectivity index (χ1n) is 9.88. The van der Waals surface area contributed by atoms with Gasteiger partial charge in [-0.2, -0.15) is 4.39 Å². The maximum Gasteiger partial charge on any atom is 0.494 e. The molecule has 4 nitrogen and oxygen atoms in total. The van der Waals surface area contributed by atoms with Crippen molar-refractivity contribution in [1.29, 1.82) is 0 Å². The highest BCUT2D eigenvalue weighted by atomic mass is 19.2. The monoisotopic (exact) mass is 402 g/mol. The van der Waals surface area contributed by atoms with Gasteiger partial charge in [-0.15, -0.1) is 0 Å². The molecule has 0 bridgehead atoms. The minimum atomic E-state index is -0.976. The first-order valence-corrected chi connectivity index (χ1v) is 9.88. The van der Waals surface area contributed by atoms with Crippen LogP contribution in [0.4, 0.5) is 8.78 Å². The Balaban J connectivity index is 1.42. The van der Waals surface area contributed by atoms with Gasteiger partial charge in [-0.1, -0.05) is 18.2 Å². The number of rotatable bonds is 4. The van der Waals surface area contributed by atoms with Gasteiger partial charge in [0.25, 0.3) is 0 Å². The van der Waals surface area contributed by atoms with E-state index in [1.807, 2.05) is 39.8 Å². The molecule has 2 aliphatic rings. The van der Waals surface area contributed by atoms with Crippen LogP contribution in [0.1, 0.15) is 39.7 Å². The third-order valence-corrected chi connectivity index (χ3v) is 5.98. The lowest BCUT2D eigenvalue weighted by Gasteiger charge is -2.32. The molecule has 2 heterocycles. The maximum atomic E-state index is 13.7. The minimum Gasteiger partial charge on any atom is -0.487 e. The fourth-order valence-electron chi connectivity index (χ4n) is 3.49. The summed E-state index contributed by atoms with van der Waals surface area (Å²) in [6.07, 6.45) is 1.28. The molecule has 2 aromatic rings. The summed E-state index contributed by atoms with van der Waals surface area (Å²) in [5.41, 5.74) is 1.25. The molecular formula is C22H25BF2O4. The van der Waals surface area contributed by atoms with Gasteiger partial charge in [0.15, 0.2) is 11.6 Å². The van der Waals surface area contributed by atoms with E-state index in [2.05, 4.69) is 6.07 Å². The quantitative estimate of drug-likeness (QED) is 0.724. The Hall–Kier alpha value is -2.12. The molecule has 1 fully saturated rings. The standard InChI is InChI=1S/C22H25BF2O4/c1-21(2)22(3,4)29-23(28-21)15-9-11-18-14(12-15)8-10-16(27-18)13-26-19-7-5-6-17(24)20(19)25/h5-7,9,11-12,16H,8,10,13H2,1-4H3. The highest BCUT2D eigenvalue weighted by Crippen LogP contribution is 2.37. The molecule has 0 aromatic heterocycles. The van der Waals surface area contributed by atoms with Crippen molar-refractivity contribution in [2.75, 3.05) is 6.61 Å². The summed E-state index contributed by atoms with van der Waals surface area (Å²) >= 11 is 0. The van der Waals surface area contributed by atoms with Gasteiger partial charge >= 0.3 is 7.12 Å². The zero-order valence-electron chi connectivity index (χ0n) is 17.1. The van der Waals surface area contributed by atoms with Gasteiger partial charge < -0.3 is 18.8 Å². The van der Waals surface area contributed by atoms with Gasteiger partial charge in [-0.3, -0.25) is 0 Å². The van der Waals surface area contributed by atoms with E-state index in [9.17, 15) is 8.78 Å². The number of fused-ring (bicyclic) bond motifs is 1. The fourth-order valence-corrected chi connectivity index (χ4v) is 3.49. The van der Waals surface area contributed by atoms with Gasteiger partial charge in [-0.05, 0) is 69.8 Å². The van der Waals surface area contributed by atoms with E-state index in [4.69, 9.17) is 18.8 Å². The summed E-state index contributed by atoms with van der Waals surface area (Å²) < 4.78 is 50.7. The van der Waals surface area contributed by atoms with Crippen LogP contribution < -0.4 is 14.9 Å². The molecule has 0 N–H and O–H groups in total. The molecule has 1 atom stereocenters. The molecule has 2 aliphatic heterocycles. The average Bonchev–Trinajstić information content (AvgIpc) is 2.90. The lowest BCUT2D eigenvalue weighted by molar-refractivity contribution is 0.00578. The Kier molecular flexibility index (Phi) is 5.07. The van der Waals surface area contributed by atoms with Gasteiger partial charge in [0.1, 0.15) is 18.5 Å². The van der Waals surface area contributed by atoms with Crippen molar-refractivity contribution < 1.29 is 27.6 Å². The summed E-state index contributed by atoms with van der Waals surface area (Å²) in [6.45, 7) is 8.26. The Labute approximate surface area is 170 Å². The number of aryl methyl sites for hydroxylation is 1. The molecule has 154 valence electrons. The largest absolute Gasteiger partial charge is 0.494 e. The van der Waals surface area contributed by atoms with Gasteiger partial charge in [0.05, 0.1) is 11.2 Å². The van der Waals surface area contributed by atoms with Crippen LogP contribution in [0.5, 0.6) is 11.5 Å². The normalized spacial score (nSPS) is 22.1. The summed E-state index contributed by atoms with van der Waals surface area (Å²) in [7, 11) is -0.415. The van der Waals surface area contributed by atoms with Crippen LogP contribution in [0, 0.1) is 11.6 Å². The molecule has 4 rings (SSSR count). The molecule has 0 radical (unpaired) electrons. The zero-order valence-corrected chi connectivity index (χ0v) is 17.1. The Bertz CT molecular complexity index is 900. The van der Waals surface area contributed by atoms with E-state index in [-0.39, 0.29) is 18.5 Å². The predicted molar refractivity (Wildman–Crippen MR) is 107 cm³/mol. The molecule has 0 spiro atoms. The summed E-state index contributed by atoms with van der Waals surface area (Å²) in [6, 6.07) is 9.79. The molecule has 0 saturated carbocycles. The van der Waals surface area contributed by atoms with Crippen molar-refractivity contribution in [2.45, 2.75) is 57.8 Å². The SMILES string of the molecule is CC1(C)OB(c2ccc3c(c2)CCC(COc2cccc(F)c2F)O3)OC1(C)C.